The van der Waals surface area contributed by atoms with Crippen LogP contribution >= 0.6 is 0 Å². The van der Waals surface area contributed by atoms with Crippen LogP contribution in [-0.4, -0.2) is 61.2 Å². The molecular formula is C22H25F3N4O6S. The van der Waals surface area contributed by atoms with Crippen molar-refractivity contribution >= 4 is 27.7 Å². The van der Waals surface area contributed by atoms with Gasteiger partial charge in [0.05, 0.1) is 6.61 Å². The maximum atomic E-state index is 13.6. The van der Waals surface area contributed by atoms with Gasteiger partial charge in [-0.15, -0.1) is 0 Å². The van der Waals surface area contributed by atoms with Gasteiger partial charge in [0.15, 0.2) is 28.9 Å². The molecule has 3 heterocycles. The van der Waals surface area contributed by atoms with Crippen LogP contribution in [0.4, 0.5) is 23.7 Å². The second kappa shape index (κ2) is 9.00. The van der Waals surface area contributed by atoms with Gasteiger partial charge in [0.25, 0.3) is 5.91 Å². The zero-order valence-corrected chi connectivity index (χ0v) is 20.7. The van der Waals surface area contributed by atoms with E-state index in [2.05, 4.69) is 10.0 Å². The predicted molar refractivity (Wildman–Crippen MR) is 121 cm³/mol. The number of hydrogen-bond donors (Lipinski definition) is 2. The van der Waals surface area contributed by atoms with E-state index in [1.54, 1.807) is 20.8 Å². The molecule has 1 aromatic carbocycles. The van der Waals surface area contributed by atoms with Crippen LogP contribution in [-0.2, 0) is 21.8 Å². The summed E-state index contributed by atoms with van der Waals surface area (Å²) in [6, 6.07) is 0.533. The van der Waals surface area contributed by atoms with Crippen molar-refractivity contribution in [3.05, 3.63) is 41.5 Å². The Morgan fingerprint density at radius 3 is 2.42 bits per heavy atom. The maximum absolute atomic E-state index is 13.6. The van der Waals surface area contributed by atoms with Crippen molar-refractivity contribution in [2.24, 2.45) is 13.0 Å². The number of nitrogens with one attached hydrogen (secondary N) is 2. The number of amides is 2. The van der Waals surface area contributed by atoms with E-state index in [1.807, 2.05) is 0 Å². The van der Waals surface area contributed by atoms with Crippen molar-refractivity contribution in [1.29, 1.82) is 0 Å². The fourth-order valence-corrected chi connectivity index (χ4v) is 5.58. The molecule has 1 fully saturated rings. The van der Waals surface area contributed by atoms with E-state index in [9.17, 15) is 31.2 Å². The lowest BCUT2D eigenvalue weighted by Crippen LogP contribution is -2.44. The van der Waals surface area contributed by atoms with E-state index in [-0.39, 0.29) is 41.7 Å². The Hall–Kier alpha value is -3.26. The summed E-state index contributed by atoms with van der Waals surface area (Å²) in [6.07, 6.45) is 0.574. The number of aromatic nitrogens is 1. The average molecular weight is 531 g/mol. The molecule has 2 aliphatic heterocycles. The van der Waals surface area contributed by atoms with Crippen LogP contribution in [0.5, 0.6) is 5.75 Å². The summed E-state index contributed by atoms with van der Waals surface area (Å²) in [5.74, 6) is -6.34. The molecular weight excluding hydrogens is 505 g/mol. The average Bonchev–Trinajstić information content (AvgIpc) is 3.28. The third-order valence-corrected chi connectivity index (χ3v) is 7.17. The summed E-state index contributed by atoms with van der Waals surface area (Å²) < 4.78 is 81.6. The highest BCUT2D eigenvalue weighted by Gasteiger charge is 2.43. The highest BCUT2D eigenvalue weighted by molar-refractivity contribution is 7.89. The molecule has 10 nitrogen and oxygen atoms in total. The van der Waals surface area contributed by atoms with Gasteiger partial charge >= 0.3 is 6.09 Å². The van der Waals surface area contributed by atoms with Gasteiger partial charge in [0, 0.05) is 56.1 Å². The van der Waals surface area contributed by atoms with Crippen molar-refractivity contribution in [3.63, 3.8) is 0 Å². The summed E-state index contributed by atoms with van der Waals surface area (Å²) in [5, 5.41) is 2.23. The van der Waals surface area contributed by atoms with Crippen LogP contribution in [0, 0.1) is 23.4 Å². The van der Waals surface area contributed by atoms with Crippen LogP contribution in [0.15, 0.2) is 23.2 Å². The van der Waals surface area contributed by atoms with E-state index in [0.29, 0.717) is 12.1 Å². The first kappa shape index (κ1) is 25.8. The quantitative estimate of drug-likeness (QED) is 0.577. The van der Waals surface area contributed by atoms with Gasteiger partial charge in [-0.3, -0.25) is 4.79 Å². The number of likely N-dealkylation sites (tertiary alicyclic amines) is 1. The number of sulfonamides is 1. The molecule has 0 radical (unpaired) electrons. The molecule has 2 amide bonds. The Morgan fingerprint density at radius 1 is 1.17 bits per heavy atom. The highest BCUT2D eigenvalue weighted by Crippen LogP contribution is 2.35. The van der Waals surface area contributed by atoms with E-state index in [1.165, 1.54) is 22.7 Å². The largest absolute Gasteiger partial charge is 0.489 e. The minimum absolute atomic E-state index is 0.0381. The lowest BCUT2D eigenvalue weighted by molar-refractivity contribution is 0.0283. The lowest BCUT2D eigenvalue weighted by Gasteiger charge is -2.24. The number of aryl methyl sites for hydroxylation is 1. The number of carbonyl (C=O) groups is 2. The molecule has 2 aliphatic rings. The number of carbonyl (C=O) groups excluding carboxylic acids is 2. The minimum Gasteiger partial charge on any atom is -0.489 e. The number of fused-ring (bicyclic) bond motifs is 2. The highest BCUT2D eigenvalue weighted by atomic mass is 32.2. The van der Waals surface area contributed by atoms with E-state index < -0.39 is 57.0 Å². The van der Waals surface area contributed by atoms with Crippen molar-refractivity contribution in [2.45, 2.75) is 37.3 Å². The summed E-state index contributed by atoms with van der Waals surface area (Å²) in [5.41, 5.74) is -1.34. The first-order valence-electron chi connectivity index (χ1n) is 10.9. The van der Waals surface area contributed by atoms with Crippen LogP contribution < -0.4 is 14.8 Å². The fraction of sp³-hybridized carbons (Fsp3) is 0.455. The van der Waals surface area contributed by atoms with Gasteiger partial charge in [0.1, 0.15) is 10.5 Å². The molecule has 2 unspecified atom stereocenters. The third-order valence-electron chi connectivity index (χ3n) is 5.69. The standard InChI is InChI=1S/C22H25F3N4O6S/c1-22(2,3)35-21(31)29-7-11-10-34-19-16(36(32,33)27-15(11)8-29)9-28(4)18(19)20(30)26-12-5-13(23)17(25)14(24)6-12/h5-6,9,11,15,27H,7-8,10H2,1-4H3,(H,26,30). The normalized spacial score (nSPS) is 21.0. The van der Waals surface area contributed by atoms with Gasteiger partial charge in [-0.05, 0) is 20.8 Å². The first-order valence-corrected chi connectivity index (χ1v) is 12.4. The Morgan fingerprint density at radius 2 is 1.81 bits per heavy atom. The van der Waals surface area contributed by atoms with Crippen LogP contribution in [0.1, 0.15) is 31.3 Å². The minimum atomic E-state index is -4.19. The maximum Gasteiger partial charge on any atom is 0.410 e. The zero-order valence-electron chi connectivity index (χ0n) is 19.9. The SMILES string of the molecule is Cn1cc2c(c1C(=O)Nc1cc(F)c(F)c(F)c1)OCC1CN(C(=O)OC(C)(C)C)CC1NS2(=O)=O. The number of rotatable bonds is 2. The number of anilines is 1. The number of hydrogen-bond acceptors (Lipinski definition) is 6. The van der Waals surface area contributed by atoms with Crippen LogP contribution in [0.3, 0.4) is 0 Å². The van der Waals surface area contributed by atoms with E-state index >= 15 is 0 Å². The molecule has 0 aliphatic carbocycles. The first-order chi connectivity index (χ1) is 16.7. The molecule has 0 saturated carbocycles. The fourth-order valence-electron chi connectivity index (χ4n) is 4.09. The topological polar surface area (TPSA) is 119 Å². The molecule has 0 spiro atoms. The molecule has 2 atom stereocenters. The van der Waals surface area contributed by atoms with Crippen molar-refractivity contribution < 1.29 is 40.7 Å². The summed E-state index contributed by atoms with van der Waals surface area (Å²) >= 11 is 0. The Labute approximate surface area is 205 Å². The van der Waals surface area contributed by atoms with Gasteiger partial charge in [-0.2, -0.15) is 0 Å². The molecule has 1 aromatic heterocycles. The molecule has 14 heteroatoms. The number of nitrogens with zero attached hydrogens (tertiary/aromatic N) is 2. The Kier molecular flexibility index (Phi) is 6.45. The molecule has 196 valence electrons. The van der Waals surface area contributed by atoms with Gasteiger partial charge in [-0.25, -0.2) is 31.1 Å². The molecule has 2 N–H and O–H groups in total. The Balaban J connectivity index is 1.60. The van der Waals surface area contributed by atoms with Crippen molar-refractivity contribution in [1.82, 2.24) is 14.2 Å². The smallest absolute Gasteiger partial charge is 0.410 e. The number of halogens is 3. The van der Waals surface area contributed by atoms with E-state index in [0.717, 1.165) is 0 Å². The predicted octanol–water partition coefficient (Wildman–Crippen LogP) is 2.60. The van der Waals surface area contributed by atoms with Gasteiger partial charge in [-0.1, -0.05) is 0 Å². The lowest BCUT2D eigenvalue weighted by atomic mass is 10.1. The molecule has 0 bridgehead atoms. The van der Waals surface area contributed by atoms with Crippen LogP contribution in [0.2, 0.25) is 0 Å². The second-order valence-corrected chi connectivity index (χ2v) is 11.4. The summed E-state index contributed by atoms with van der Waals surface area (Å²) in [6.45, 7) is 5.33. The summed E-state index contributed by atoms with van der Waals surface area (Å²) in [4.78, 5) is 26.5. The molecule has 4 rings (SSSR count). The van der Waals surface area contributed by atoms with Crippen molar-refractivity contribution in [2.75, 3.05) is 25.0 Å². The monoisotopic (exact) mass is 530 g/mol. The number of benzene rings is 1. The van der Waals surface area contributed by atoms with E-state index in [4.69, 9.17) is 9.47 Å². The second-order valence-electron chi connectivity index (χ2n) is 9.67. The summed E-state index contributed by atoms with van der Waals surface area (Å²) in [7, 11) is -2.79. The van der Waals surface area contributed by atoms with Gasteiger partial charge in [0.2, 0.25) is 10.0 Å². The molecule has 1 saturated heterocycles. The number of ether oxygens (including phenoxy) is 2. The van der Waals surface area contributed by atoms with Crippen molar-refractivity contribution in [3.8, 4) is 5.75 Å². The molecule has 36 heavy (non-hydrogen) atoms. The van der Waals surface area contributed by atoms with Crippen LogP contribution in [0.25, 0.3) is 0 Å². The zero-order chi connectivity index (χ0) is 26.6. The van der Waals surface area contributed by atoms with Gasteiger partial charge < -0.3 is 24.3 Å². The third kappa shape index (κ3) is 5.00. The molecule has 2 aromatic rings. The Bertz CT molecular complexity index is 1310.